The number of hydrogen-bond donors (Lipinski definition) is 3. The maximum Gasteiger partial charge on any atom is 0.472 e. The molecule has 0 radical (unpaired) electrons. The standard InChI is InChI=1S/C77H150O17P2/c1-6-9-12-15-18-21-23-25-27-28-29-30-31-33-39-43-48-53-58-63-77(82)94-73(67-88-75(80)61-56-51-46-41-37-35-34-36-40-44-49-54-59-70(4)5)69-92-96(85,86)90-65-71(78)64-89-95(83,84)91-68-72(66-87-74(79)60-55-50-45-20-17-14-11-8-3)93-76(81)62-57-52-47-42-38-32-26-24-22-19-16-13-10-7-2/h70-73,78H,6-69H2,1-5H3,(H,83,84)(H,85,86)/t71-,72+,73+/m0/s1. The molecule has 3 N–H and O–H groups in total. The highest BCUT2D eigenvalue weighted by molar-refractivity contribution is 7.47. The Morgan fingerprint density at radius 1 is 0.281 bits per heavy atom. The van der Waals surface area contributed by atoms with E-state index in [9.17, 15) is 43.2 Å². The lowest BCUT2D eigenvalue weighted by Gasteiger charge is -2.21. The molecule has 0 saturated heterocycles. The summed E-state index contributed by atoms with van der Waals surface area (Å²) in [4.78, 5) is 72.8. The molecule has 2 unspecified atom stereocenters. The minimum absolute atomic E-state index is 0.108. The van der Waals surface area contributed by atoms with Crippen LogP contribution in [0.2, 0.25) is 0 Å². The molecule has 0 amide bonds. The maximum absolute atomic E-state index is 13.1. The van der Waals surface area contributed by atoms with Gasteiger partial charge in [-0.1, -0.05) is 356 Å². The van der Waals surface area contributed by atoms with Crippen molar-refractivity contribution in [2.45, 2.75) is 425 Å². The first kappa shape index (κ1) is 94.1. The number of hydrogen-bond acceptors (Lipinski definition) is 15. The molecule has 0 aliphatic rings. The highest BCUT2D eigenvalue weighted by atomic mass is 31.2. The molecule has 0 aliphatic heterocycles. The monoisotopic (exact) mass is 1410 g/mol. The van der Waals surface area contributed by atoms with Crippen LogP contribution in [0.25, 0.3) is 0 Å². The zero-order chi connectivity index (χ0) is 70.5. The minimum atomic E-state index is -4.96. The number of phosphoric acid groups is 2. The maximum atomic E-state index is 13.1. The lowest BCUT2D eigenvalue weighted by molar-refractivity contribution is -0.161. The van der Waals surface area contributed by atoms with Crippen LogP contribution in [0.3, 0.4) is 0 Å². The second-order valence-corrected chi connectivity index (χ2v) is 31.1. The number of ether oxygens (including phenoxy) is 4. The summed E-state index contributed by atoms with van der Waals surface area (Å²) in [5, 5.41) is 10.6. The number of unbranched alkanes of at least 4 members (excludes halogenated alkanes) is 49. The van der Waals surface area contributed by atoms with E-state index in [0.717, 1.165) is 102 Å². The molecule has 0 aliphatic carbocycles. The van der Waals surface area contributed by atoms with Crippen molar-refractivity contribution in [2.24, 2.45) is 5.92 Å². The second kappa shape index (κ2) is 70.1. The number of esters is 4. The van der Waals surface area contributed by atoms with Gasteiger partial charge in [0.1, 0.15) is 19.3 Å². The molecule has 0 spiro atoms. The molecule has 0 fully saturated rings. The summed E-state index contributed by atoms with van der Waals surface area (Å²) in [7, 11) is -9.91. The van der Waals surface area contributed by atoms with Crippen molar-refractivity contribution in [1.29, 1.82) is 0 Å². The predicted octanol–water partition coefficient (Wildman–Crippen LogP) is 22.9. The normalized spacial score (nSPS) is 13.9. The molecule has 570 valence electrons. The Morgan fingerprint density at radius 3 is 0.708 bits per heavy atom. The van der Waals surface area contributed by atoms with Crippen LogP contribution in [0, 0.1) is 5.92 Å². The van der Waals surface area contributed by atoms with E-state index in [2.05, 4.69) is 34.6 Å². The van der Waals surface area contributed by atoms with Crippen LogP contribution < -0.4 is 0 Å². The lowest BCUT2D eigenvalue weighted by Crippen LogP contribution is -2.30. The fourth-order valence-corrected chi connectivity index (χ4v) is 13.5. The number of aliphatic hydroxyl groups is 1. The van der Waals surface area contributed by atoms with E-state index >= 15 is 0 Å². The van der Waals surface area contributed by atoms with Gasteiger partial charge in [0.25, 0.3) is 0 Å². The van der Waals surface area contributed by atoms with Gasteiger partial charge in [-0.05, 0) is 31.6 Å². The zero-order valence-electron chi connectivity index (χ0n) is 62.5. The third-order valence-corrected chi connectivity index (χ3v) is 19.9. The number of rotatable bonds is 77. The average molecular weight is 1410 g/mol. The summed E-state index contributed by atoms with van der Waals surface area (Å²) in [6, 6.07) is 0. The van der Waals surface area contributed by atoms with Crippen molar-refractivity contribution in [3.63, 3.8) is 0 Å². The van der Waals surface area contributed by atoms with E-state index < -0.39 is 97.5 Å². The molecular weight excluding hydrogens is 1260 g/mol. The first-order valence-electron chi connectivity index (χ1n) is 40.1. The first-order valence-corrected chi connectivity index (χ1v) is 43.1. The van der Waals surface area contributed by atoms with Gasteiger partial charge in [-0.3, -0.25) is 37.3 Å². The number of carbonyl (C=O) groups excluding carboxylic acids is 4. The highest BCUT2D eigenvalue weighted by Gasteiger charge is 2.30. The molecule has 0 aromatic carbocycles. The molecule has 0 heterocycles. The van der Waals surface area contributed by atoms with Gasteiger partial charge in [0, 0.05) is 25.7 Å². The quantitative estimate of drug-likeness (QED) is 0.0222. The van der Waals surface area contributed by atoms with Gasteiger partial charge in [-0.2, -0.15) is 0 Å². The van der Waals surface area contributed by atoms with Gasteiger partial charge in [0.05, 0.1) is 26.4 Å². The van der Waals surface area contributed by atoms with Gasteiger partial charge >= 0.3 is 39.5 Å². The molecule has 0 aromatic rings. The Morgan fingerprint density at radius 2 is 0.479 bits per heavy atom. The lowest BCUT2D eigenvalue weighted by atomic mass is 10.0. The van der Waals surface area contributed by atoms with Crippen LogP contribution >= 0.6 is 15.6 Å². The molecule has 17 nitrogen and oxygen atoms in total. The predicted molar refractivity (Wildman–Crippen MR) is 391 cm³/mol. The second-order valence-electron chi connectivity index (χ2n) is 28.2. The Kier molecular flexibility index (Phi) is 68.7. The van der Waals surface area contributed by atoms with E-state index in [0.29, 0.717) is 25.7 Å². The Balaban J connectivity index is 5.20. The van der Waals surface area contributed by atoms with E-state index in [-0.39, 0.29) is 25.7 Å². The van der Waals surface area contributed by atoms with Crippen molar-refractivity contribution in [3.8, 4) is 0 Å². The third kappa shape index (κ3) is 70.5. The highest BCUT2D eigenvalue weighted by Crippen LogP contribution is 2.45. The van der Waals surface area contributed by atoms with E-state index in [1.807, 2.05) is 0 Å². The van der Waals surface area contributed by atoms with Gasteiger partial charge in [0.2, 0.25) is 0 Å². The van der Waals surface area contributed by atoms with E-state index in [1.54, 1.807) is 0 Å². The summed E-state index contributed by atoms with van der Waals surface area (Å²) >= 11 is 0. The molecule has 0 rings (SSSR count). The molecule has 0 bridgehead atoms. The zero-order valence-corrected chi connectivity index (χ0v) is 64.3. The van der Waals surface area contributed by atoms with Crippen LogP contribution in [-0.2, 0) is 65.4 Å². The van der Waals surface area contributed by atoms with Crippen LogP contribution in [-0.4, -0.2) is 96.7 Å². The van der Waals surface area contributed by atoms with Crippen LogP contribution in [0.1, 0.15) is 407 Å². The summed E-state index contributed by atoms with van der Waals surface area (Å²) in [5.41, 5.74) is 0. The summed E-state index contributed by atoms with van der Waals surface area (Å²) < 4.78 is 68.5. The fraction of sp³-hybridized carbons (Fsp3) is 0.948. The molecule has 96 heavy (non-hydrogen) atoms. The topological polar surface area (TPSA) is 237 Å². The van der Waals surface area contributed by atoms with Crippen molar-refractivity contribution in [3.05, 3.63) is 0 Å². The Bertz CT molecular complexity index is 1840. The van der Waals surface area contributed by atoms with E-state index in [1.165, 1.54) is 225 Å². The SMILES string of the molecule is CCCCCCCCCCCCCCCCCCCCCC(=O)O[C@H](COC(=O)CCCCCCCCCCCCCCC(C)C)COP(=O)(O)OC[C@@H](O)COP(=O)(O)OC[C@@H](COC(=O)CCCCCCCCCC)OC(=O)CCCCCCCCCCCCCCCC. The largest absolute Gasteiger partial charge is 0.472 e. The third-order valence-electron chi connectivity index (χ3n) is 18.0. The van der Waals surface area contributed by atoms with Crippen molar-refractivity contribution in [2.75, 3.05) is 39.6 Å². The minimum Gasteiger partial charge on any atom is -0.462 e. The van der Waals surface area contributed by atoms with Crippen LogP contribution in [0.5, 0.6) is 0 Å². The summed E-state index contributed by atoms with van der Waals surface area (Å²) in [5.74, 6) is -1.33. The van der Waals surface area contributed by atoms with Gasteiger partial charge in [-0.15, -0.1) is 0 Å². The van der Waals surface area contributed by atoms with Gasteiger partial charge < -0.3 is 33.8 Å². The number of carbonyl (C=O) groups is 4. The smallest absolute Gasteiger partial charge is 0.462 e. The molecule has 19 heteroatoms. The molecule has 5 atom stereocenters. The summed E-state index contributed by atoms with van der Waals surface area (Å²) in [6.07, 6.45) is 59.7. The van der Waals surface area contributed by atoms with E-state index in [4.69, 9.17) is 37.0 Å². The number of phosphoric ester groups is 2. The van der Waals surface area contributed by atoms with Gasteiger partial charge in [0.15, 0.2) is 12.2 Å². The Labute approximate surface area is 588 Å². The molecular formula is C77H150O17P2. The van der Waals surface area contributed by atoms with Crippen molar-refractivity contribution >= 4 is 39.5 Å². The average Bonchev–Trinajstić information content (AvgIpc) is 1.49. The van der Waals surface area contributed by atoms with Gasteiger partial charge in [-0.25, -0.2) is 9.13 Å². The van der Waals surface area contributed by atoms with Crippen molar-refractivity contribution < 1.29 is 80.2 Å². The summed E-state index contributed by atoms with van der Waals surface area (Å²) in [6.45, 7) is 7.29. The van der Waals surface area contributed by atoms with Crippen LogP contribution in [0.4, 0.5) is 0 Å². The fourth-order valence-electron chi connectivity index (χ4n) is 11.9. The Hall–Kier alpha value is -1.94. The van der Waals surface area contributed by atoms with Crippen LogP contribution in [0.15, 0.2) is 0 Å². The number of aliphatic hydroxyl groups excluding tert-OH is 1. The van der Waals surface area contributed by atoms with Crippen molar-refractivity contribution in [1.82, 2.24) is 0 Å². The molecule has 0 aromatic heterocycles. The molecule has 0 saturated carbocycles. The first-order chi connectivity index (χ1) is 46.5.